The minimum Gasteiger partial charge on any atom is -0.330 e. The van der Waals surface area contributed by atoms with Gasteiger partial charge in [-0.05, 0) is 36.5 Å². The maximum absolute atomic E-state index is 13.8. The zero-order valence-corrected chi connectivity index (χ0v) is 12.8. The Labute approximate surface area is 132 Å². The Balaban J connectivity index is 2.06. The van der Waals surface area contributed by atoms with Crippen LogP contribution in [0.5, 0.6) is 0 Å². The Bertz CT molecular complexity index is 1050. The van der Waals surface area contributed by atoms with E-state index < -0.39 is 5.82 Å². The fraction of sp³-hybridized carbons (Fsp3) is 0. The third kappa shape index (κ3) is 1.98. The van der Waals surface area contributed by atoms with Gasteiger partial charge in [0, 0.05) is 11.8 Å². The maximum Gasteiger partial charge on any atom is 0.182 e. The first kappa shape index (κ1) is 12.9. The standard InChI is InChI=1S/C14H7ClFN3S2/c15-8-4-11-12(5-9(8)16)19(14(20)18-11)7-1-2-10-13(3-7)21-6-17-10/h1-6H,(H,18,20). The monoisotopic (exact) mass is 335 g/mol. The van der Waals surface area contributed by atoms with Gasteiger partial charge in [-0.1, -0.05) is 11.6 Å². The topological polar surface area (TPSA) is 33.6 Å². The van der Waals surface area contributed by atoms with Gasteiger partial charge in [0.25, 0.3) is 0 Å². The fourth-order valence-electron chi connectivity index (χ4n) is 2.34. The Hall–Kier alpha value is -1.76. The van der Waals surface area contributed by atoms with Crippen molar-refractivity contribution in [2.45, 2.75) is 0 Å². The second-order valence-corrected chi connectivity index (χ2v) is 6.23. The summed E-state index contributed by atoms with van der Waals surface area (Å²) in [6, 6.07) is 8.76. The molecule has 7 heteroatoms. The molecule has 0 radical (unpaired) electrons. The van der Waals surface area contributed by atoms with E-state index in [1.807, 2.05) is 18.2 Å². The third-order valence-corrected chi connectivity index (χ3v) is 4.66. The van der Waals surface area contributed by atoms with Crippen LogP contribution in [0.1, 0.15) is 0 Å². The number of thiazole rings is 1. The van der Waals surface area contributed by atoms with Gasteiger partial charge < -0.3 is 4.98 Å². The number of nitrogens with one attached hydrogen (secondary N) is 1. The molecule has 104 valence electrons. The number of imidazole rings is 1. The molecule has 0 aliphatic carbocycles. The number of H-pyrrole nitrogens is 1. The van der Waals surface area contributed by atoms with E-state index >= 15 is 0 Å². The minimum absolute atomic E-state index is 0.0730. The molecule has 2 aromatic carbocycles. The zero-order valence-electron chi connectivity index (χ0n) is 10.4. The molecule has 4 rings (SSSR count). The summed E-state index contributed by atoms with van der Waals surface area (Å²) in [5.74, 6) is -0.467. The van der Waals surface area contributed by atoms with Gasteiger partial charge in [0.15, 0.2) is 4.77 Å². The van der Waals surface area contributed by atoms with Crippen LogP contribution in [0.3, 0.4) is 0 Å². The van der Waals surface area contributed by atoms with Crippen molar-refractivity contribution in [2.75, 3.05) is 0 Å². The second kappa shape index (κ2) is 4.62. The van der Waals surface area contributed by atoms with E-state index in [1.165, 1.54) is 6.07 Å². The van der Waals surface area contributed by atoms with Crippen LogP contribution < -0.4 is 0 Å². The highest BCUT2D eigenvalue weighted by molar-refractivity contribution is 7.71. The van der Waals surface area contributed by atoms with Crippen LogP contribution in [0.2, 0.25) is 5.02 Å². The van der Waals surface area contributed by atoms with Gasteiger partial charge in [0.2, 0.25) is 0 Å². The normalized spacial score (nSPS) is 11.5. The predicted octanol–water partition coefficient (Wildman–Crippen LogP) is 5.09. The smallest absolute Gasteiger partial charge is 0.182 e. The van der Waals surface area contributed by atoms with Crippen molar-refractivity contribution in [3.8, 4) is 5.69 Å². The largest absolute Gasteiger partial charge is 0.330 e. The van der Waals surface area contributed by atoms with Crippen LogP contribution >= 0.6 is 35.2 Å². The van der Waals surface area contributed by atoms with Crippen molar-refractivity contribution in [2.24, 2.45) is 0 Å². The van der Waals surface area contributed by atoms with Crippen LogP contribution in [-0.2, 0) is 0 Å². The van der Waals surface area contributed by atoms with E-state index in [9.17, 15) is 4.39 Å². The van der Waals surface area contributed by atoms with Crippen molar-refractivity contribution in [3.63, 3.8) is 0 Å². The number of nitrogens with zero attached hydrogens (tertiary/aromatic N) is 2. The number of benzene rings is 2. The first-order chi connectivity index (χ1) is 10.1. The van der Waals surface area contributed by atoms with Gasteiger partial charge in [0.1, 0.15) is 5.82 Å². The van der Waals surface area contributed by atoms with Crippen LogP contribution in [0.15, 0.2) is 35.8 Å². The third-order valence-electron chi connectivity index (χ3n) is 3.30. The number of halogens is 2. The van der Waals surface area contributed by atoms with Crippen LogP contribution in [-0.4, -0.2) is 14.5 Å². The van der Waals surface area contributed by atoms with Crippen molar-refractivity contribution >= 4 is 56.4 Å². The summed E-state index contributed by atoms with van der Waals surface area (Å²) >= 11 is 12.7. The summed E-state index contributed by atoms with van der Waals surface area (Å²) < 4.78 is 17.1. The summed E-state index contributed by atoms with van der Waals surface area (Å²) in [4.78, 5) is 7.30. The molecule has 1 N–H and O–H groups in total. The summed E-state index contributed by atoms with van der Waals surface area (Å²) in [7, 11) is 0. The molecule has 0 atom stereocenters. The van der Waals surface area contributed by atoms with Gasteiger partial charge in [-0.15, -0.1) is 11.3 Å². The maximum atomic E-state index is 13.8. The highest BCUT2D eigenvalue weighted by atomic mass is 35.5. The van der Waals surface area contributed by atoms with E-state index in [1.54, 1.807) is 27.5 Å². The van der Waals surface area contributed by atoms with Gasteiger partial charge in [-0.3, -0.25) is 4.57 Å². The van der Waals surface area contributed by atoms with Crippen molar-refractivity contribution in [1.82, 2.24) is 14.5 Å². The number of rotatable bonds is 1. The molecule has 0 fully saturated rings. The molecule has 0 unspecified atom stereocenters. The lowest BCUT2D eigenvalue weighted by atomic mass is 10.2. The molecule has 0 spiro atoms. The number of fused-ring (bicyclic) bond motifs is 2. The molecule has 3 nitrogen and oxygen atoms in total. The number of aromatic nitrogens is 3. The lowest BCUT2D eigenvalue weighted by Gasteiger charge is -2.05. The first-order valence-corrected chi connectivity index (χ1v) is 7.73. The van der Waals surface area contributed by atoms with Gasteiger partial charge in [-0.2, -0.15) is 0 Å². The number of hydrogen-bond donors (Lipinski definition) is 1. The van der Waals surface area contributed by atoms with Crippen molar-refractivity contribution in [3.05, 3.63) is 51.5 Å². The average Bonchev–Trinajstić information content (AvgIpc) is 3.02. The van der Waals surface area contributed by atoms with Gasteiger partial charge in [0.05, 0.1) is 31.8 Å². The zero-order chi connectivity index (χ0) is 14.6. The second-order valence-electron chi connectivity index (χ2n) is 4.55. The highest BCUT2D eigenvalue weighted by Gasteiger charge is 2.11. The summed E-state index contributed by atoms with van der Waals surface area (Å²) in [6.45, 7) is 0. The Kier molecular flexibility index (Phi) is 2.85. The minimum atomic E-state index is -0.467. The van der Waals surface area contributed by atoms with Gasteiger partial charge >= 0.3 is 0 Å². The fourth-order valence-corrected chi connectivity index (χ4v) is 3.53. The first-order valence-electron chi connectivity index (χ1n) is 6.07. The molecule has 0 saturated heterocycles. The molecule has 21 heavy (non-hydrogen) atoms. The molecule has 0 amide bonds. The molecule has 4 aromatic rings. The Morgan fingerprint density at radius 2 is 2.14 bits per heavy atom. The lowest BCUT2D eigenvalue weighted by molar-refractivity contribution is 0.629. The van der Waals surface area contributed by atoms with Crippen LogP contribution in [0, 0.1) is 10.6 Å². The number of aromatic amines is 1. The average molecular weight is 336 g/mol. The molecule has 0 saturated carbocycles. The molecule has 0 aliphatic rings. The molecular formula is C14H7ClFN3S2. The summed E-state index contributed by atoms with van der Waals surface area (Å²) in [6.07, 6.45) is 0. The molecule has 2 heterocycles. The highest BCUT2D eigenvalue weighted by Crippen LogP contribution is 2.27. The van der Waals surface area contributed by atoms with Crippen molar-refractivity contribution < 1.29 is 4.39 Å². The Morgan fingerprint density at radius 1 is 1.29 bits per heavy atom. The molecule has 0 aliphatic heterocycles. The lowest BCUT2D eigenvalue weighted by Crippen LogP contribution is -1.94. The predicted molar refractivity (Wildman–Crippen MR) is 86.6 cm³/mol. The van der Waals surface area contributed by atoms with E-state index in [4.69, 9.17) is 23.8 Å². The van der Waals surface area contributed by atoms with E-state index in [2.05, 4.69) is 9.97 Å². The molecule has 2 aromatic heterocycles. The van der Waals surface area contributed by atoms with Crippen LogP contribution in [0.25, 0.3) is 26.9 Å². The Morgan fingerprint density at radius 3 is 3.00 bits per heavy atom. The quantitative estimate of drug-likeness (QED) is 0.491. The van der Waals surface area contributed by atoms with E-state index in [0.717, 1.165) is 15.9 Å². The molecule has 0 bridgehead atoms. The number of hydrogen-bond acceptors (Lipinski definition) is 3. The van der Waals surface area contributed by atoms with Gasteiger partial charge in [-0.25, -0.2) is 9.37 Å². The summed E-state index contributed by atoms with van der Waals surface area (Å²) in [5, 5.41) is 0.0730. The molecular weight excluding hydrogens is 329 g/mol. The van der Waals surface area contributed by atoms with E-state index in [-0.39, 0.29) is 5.02 Å². The van der Waals surface area contributed by atoms with Crippen LogP contribution in [0.4, 0.5) is 4.39 Å². The van der Waals surface area contributed by atoms with E-state index in [0.29, 0.717) is 15.8 Å². The SMILES string of the molecule is Fc1cc2c(cc1Cl)[nH]c(=S)n2-c1ccc2ncsc2c1. The van der Waals surface area contributed by atoms with Crippen molar-refractivity contribution in [1.29, 1.82) is 0 Å². The summed E-state index contributed by atoms with van der Waals surface area (Å²) in [5.41, 5.74) is 4.96.